The summed E-state index contributed by atoms with van der Waals surface area (Å²) in [5, 5.41) is 0. The van der Waals surface area contributed by atoms with E-state index in [1.165, 1.54) is 38.8 Å². The average molecular weight is 291 g/mol. The lowest BCUT2D eigenvalue weighted by molar-refractivity contribution is -0.0510. The second-order valence-electron chi connectivity index (χ2n) is 4.48. The molecule has 8 heteroatoms. The quantitative estimate of drug-likeness (QED) is 0.627. The summed E-state index contributed by atoms with van der Waals surface area (Å²) in [5.74, 6) is 1.00. The monoisotopic (exact) mass is 291 g/mol. The summed E-state index contributed by atoms with van der Waals surface area (Å²) < 4.78 is 57.5. The molecule has 0 aromatic carbocycles. The normalized spacial score (nSPS) is 22.2. The molecule has 18 heavy (non-hydrogen) atoms. The van der Waals surface area contributed by atoms with Crippen molar-refractivity contribution < 1.29 is 26.1 Å². The van der Waals surface area contributed by atoms with E-state index in [0.29, 0.717) is 0 Å². The number of alkyl halides is 3. The molecular formula is C10H20F3NO3S. The Morgan fingerprint density at radius 1 is 1.39 bits per heavy atom. The molecule has 0 bridgehead atoms. The maximum absolute atomic E-state index is 10.7. The van der Waals surface area contributed by atoms with Gasteiger partial charge in [0.2, 0.25) is 0 Å². The maximum atomic E-state index is 10.7. The minimum atomic E-state index is -5.84. The highest BCUT2D eigenvalue weighted by molar-refractivity contribution is 7.86. The van der Waals surface area contributed by atoms with E-state index in [1.54, 1.807) is 0 Å². The summed E-state index contributed by atoms with van der Waals surface area (Å²) in [6.45, 7) is 4.95. The van der Waals surface area contributed by atoms with E-state index in [9.17, 15) is 13.2 Å². The van der Waals surface area contributed by atoms with Crippen LogP contribution in [0.25, 0.3) is 0 Å². The fraction of sp³-hybridized carbons (Fsp3) is 1.00. The number of rotatable bonds is 2. The third-order valence-electron chi connectivity index (χ3n) is 2.71. The van der Waals surface area contributed by atoms with Gasteiger partial charge in [0.1, 0.15) is 0 Å². The first-order valence-corrected chi connectivity index (χ1v) is 7.24. The zero-order chi connectivity index (χ0) is 14.4. The van der Waals surface area contributed by atoms with Crippen LogP contribution in [0.2, 0.25) is 0 Å². The number of nitrogens with zero attached hydrogens (tertiary/aromatic N) is 1. The molecule has 1 N–H and O–H groups in total. The van der Waals surface area contributed by atoms with E-state index >= 15 is 0 Å². The van der Waals surface area contributed by atoms with Crippen LogP contribution < -0.4 is 0 Å². The van der Waals surface area contributed by atoms with Crippen molar-refractivity contribution in [2.75, 3.05) is 20.1 Å². The molecule has 0 aromatic rings. The summed E-state index contributed by atoms with van der Waals surface area (Å²) in [7, 11) is -3.60. The van der Waals surface area contributed by atoms with Gasteiger partial charge in [-0.3, -0.25) is 4.55 Å². The van der Waals surface area contributed by atoms with Gasteiger partial charge in [-0.15, -0.1) is 0 Å². The SMILES string of the molecule is CCCC1CCCN(C)C1.O=S(=O)(O)C(F)(F)F. The van der Waals surface area contributed by atoms with Gasteiger partial charge in [0.15, 0.2) is 0 Å². The standard InChI is InChI=1S/C9H19N.CHF3O3S/c1-3-5-9-6-4-7-10(2)8-9;2-1(3,4)8(5,6)7/h9H,3-8H2,1-2H3;(H,5,6,7). The summed E-state index contributed by atoms with van der Waals surface area (Å²) >= 11 is 0. The zero-order valence-corrected chi connectivity index (χ0v) is 11.4. The summed E-state index contributed by atoms with van der Waals surface area (Å²) in [4.78, 5) is 2.46. The highest BCUT2D eigenvalue weighted by atomic mass is 32.2. The van der Waals surface area contributed by atoms with Gasteiger partial charge < -0.3 is 4.90 Å². The summed E-state index contributed by atoms with van der Waals surface area (Å²) in [6.07, 6.45) is 5.68. The third-order valence-corrected chi connectivity index (χ3v) is 3.30. The molecule has 0 amide bonds. The van der Waals surface area contributed by atoms with Crippen molar-refractivity contribution in [3.05, 3.63) is 0 Å². The van der Waals surface area contributed by atoms with Crippen LogP contribution in [0.4, 0.5) is 13.2 Å². The molecule has 1 aliphatic rings. The van der Waals surface area contributed by atoms with Gasteiger partial charge in [-0.25, -0.2) is 0 Å². The van der Waals surface area contributed by atoms with Crippen molar-refractivity contribution >= 4 is 10.1 Å². The summed E-state index contributed by atoms with van der Waals surface area (Å²) in [5.41, 5.74) is -5.53. The third kappa shape index (κ3) is 7.17. The van der Waals surface area contributed by atoms with Gasteiger partial charge in [-0.05, 0) is 38.8 Å². The molecule has 0 aliphatic carbocycles. The molecule has 1 unspecified atom stereocenters. The highest BCUT2D eigenvalue weighted by Crippen LogP contribution is 2.20. The van der Waals surface area contributed by atoms with E-state index < -0.39 is 15.6 Å². The Balaban J connectivity index is 0.000000331. The van der Waals surface area contributed by atoms with Crippen LogP contribution in [0.1, 0.15) is 32.6 Å². The molecule has 1 heterocycles. The van der Waals surface area contributed by atoms with Crippen LogP contribution in [0.5, 0.6) is 0 Å². The molecule has 4 nitrogen and oxygen atoms in total. The van der Waals surface area contributed by atoms with Gasteiger partial charge in [0.25, 0.3) is 0 Å². The predicted octanol–water partition coefficient (Wildman–Crippen LogP) is 2.52. The van der Waals surface area contributed by atoms with Crippen LogP contribution in [-0.4, -0.2) is 43.5 Å². The first-order chi connectivity index (χ1) is 8.08. The van der Waals surface area contributed by atoms with Gasteiger partial charge in [-0.1, -0.05) is 13.3 Å². The van der Waals surface area contributed by atoms with Crippen LogP contribution >= 0.6 is 0 Å². The Hall–Kier alpha value is -0.340. The number of likely N-dealkylation sites (tertiary alicyclic amines) is 1. The Labute approximate surface area is 106 Å². The molecule has 0 aromatic heterocycles. The number of piperidine rings is 1. The smallest absolute Gasteiger partial charge is 0.306 e. The van der Waals surface area contributed by atoms with E-state index in [1.807, 2.05) is 0 Å². The molecular weight excluding hydrogens is 271 g/mol. The Kier molecular flexibility index (Phi) is 7.16. The second kappa shape index (κ2) is 7.30. The van der Waals surface area contributed by atoms with Crippen LogP contribution in [0.15, 0.2) is 0 Å². The Morgan fingerprint density at radius 3 is 2.22 bits per heavy atom. The van der Waals surface area contributed by atoms with Crippen molar-refractivity contribution in [2.45, 2.75) is 38.1 Å². The number of hydrogen-bond acceptors (Lipinski definition) is 3. The van der Waals surface area contributed by atoms with E-state index in [2.05, 4.69) is 18.9 Å². The molecule has 0 radical (unpaired) electrons. The molecule has 1 rings (SSSR count). The second-order valence-corrected chi connectivity index (χ2v) is 5.89. The number of hydrogen-bond donors (Lipinski definition) is 1. The molecule has 1 atom stereocenters. The van der Waals surface area contributed by atoms with Gasteiger partial charge in [0, 0.05) is 6.54 Å². The van der Waals surface area contributed by atoms with Crippen molar-refractivity contribution in [1.29, 1.82) is 0 Å². The Morgan fingerprint density at radius 2 is 1.89 bits per heavy atom. The van der Waals surface area contributed by atoms with E-state index in [4.69, 9.17) is 13.0 Å². The van der Waals surface area contributed by atoms with Gasteiger partial charge in [-0.2, -0.15) is 21.6 Å². The number of halogens is 3. The summed E-state index contributed by atoms with van der Waals surface area (Å²) in [6, 6.07) is 0. The van der Waals surface area contributed by atoms with Crippen LogP contribution in [0.3, 0.4) is 0 Å². The average Bonchev–Trinajstić information content (AvgIpc) is 2.15. The van der Waals surface area contributed by atoms with E-state index in [0.717, 1.165) is 5.92 Å². The predicted molar refractivity (Wildman–Crippen MR) is 62.7 cm³/mol. The lowest BCUT2D eigenvalue weighted by atomic mass is 9.94. The lowest BCUT2D eigenvalue weighted by Crippen LogP contribution is -2.31. The zero-order valence-electron chi connectivity index (χ0n) is 10.6. The molecule has 0 saturated carbocycles. The first-order valence-electron chi connectivity index (χ1n) is 5.80. The first kappa shape index (κ1) is 17.7. The lowest BCUT2D eigenvalue weighted by Gasteiger charge is -2.29. The van der Waals surface area contributed by atoms with Gasteiger partial charge in [0.05, 0.1) is 0 Å². The molecule has 1 aliphatic heterocycles. The molecule has 1 saturated heterocycles. The topological polar surface area (TPSA) is 57.6 Å². The fourth-order valence-corrected chi connectivity index (χ4v) is 1.92. The van der Waals surface area contributed by atoms with Crippen molar-refractivity contribution in [3.63, 3.8) is 0 Å². The largest absolute Gasteiger partial charge is 0.522 e. The molecule has 1 fully saturated rings. The minimum Gasteiger partial charge on any atom is -0.306 e. The maximum Gasteiger partial charge on any atom is 0.522 e. The Bertz CT molecular complexity index is 328. The molecule has 0 spiro atoms. The van der Waals surface area contributed by atoms with Crippen molar-refractivity contribution in [1.82, 2.24) is 4.90 Å². The highest BCUT2D eigenvalue weighted by Gasteiger charge is 2.44. The van der Waals surface area contributed by atoms with Crippen LogP contribution in [-0.2, 0) is 10.1 Å². The molecule has 110 valence electrons. The van der Waals surface area contributed by atoms with Crippen molar-refractivity contribution in [3.8, 4) is 0 Å². The minimum absolute atomic E-state index is 1.00. The van der Waals surface area contributed by atoms with Gasteiger partial charge >= 0.3 is 15.6 Å². The van der Waals surface area contributed by atoms with Crippen LogP contribution in [0, 0.1) is 5.92 Å². The van der Waals surface area contributed by atoms with Crippen molar-refractivity contribution in [2.24, 2.45) is 5.92 Å². The fourth-order valence-electron chi connectivity index (χ4n) is 1.92. The van der Waals surface area contributed by atoms with E-state index in [-0.39, 0.29) is 0 Å².